The number of thiazole rings is 1. The molecule has 1 aliphatic carbocycles. The van der Waals surface area contributed by atoms with E-state index in [1.54, 1.807) is 18.3 Å². The van der Waals surface area contributed by atoms with Crippen LogP contribution in [0.2, 0.25) is 0 Å². The van der Waals surface area contributed by atoms with Gasteiger partial charge in [0.1, 0.15) is 21.2 Å². The molecule has 0 atom stereocenters. The second-order valence-electron chi connectivity index (χ2n) is 8.52. The van der Waals surface area contributed by atoms with Crippen molar-refractivity contribution in [2.24, 2.45) is 0 Å². The van der Waals surface area contributed by atoms with Crippen LogP contribution in [0.1, 0.15) is 29.7 Å². The fraction of sp³-hybridized carbons (Fsp3) is 0.154. The predicted octanol–water partition coefficient (Wildman–Crippen LogP) is 5.88. The van der Waals surface area contributed by atoms with Gasteiger partial charge in [-0.25, -0.2) is 19.2 Å². The minimum Gasteiger partial charge on any atom is -0.449 e. The van der Waals surface area contributed by atoms with Crippen LogP contribution in [-0.4, -0.2) is 31.0 Å². The van der Waals surface area contributed by atoms with Crippen LogP contribution in [0, 0.1) is 5.82 Å². The third-order valence-corrected chi connectivity index (χ3v) is 7.24. The Morgan fingerprint density at radius 2 is 1.91 bits per heavy atom. The Morgan fingerprint density at radius 1 is 1.09 bits per heavy atom. The van der Waals surface area contributed by atoms with E-state index >= 15 is 4.39 Å². The van der Waals surface area contributed by atoms with Crippen molar-refractivity contribution in [3.05, 3.63) is 95.6 Å². The fourth-order valence-corrected chi connectivity index (χ4v) is 5.33. The summed E-state index contributed by atoms with van der Waals surface area (Å²) in [5.41, 5.74) is 4.12. The molecule has 0 radical (unpaired) electrons. The average molecular weight is 487 g/mol. The minimum absolute atomic E-state index is 0.0313. The Bertz CT molecular complexity index is 1560. The fourth-order valence-electron chi connectivity index (χ4n) is 4.37. The van der Waals surface area contributed by atoms with Crippen LogP contribution in [-0.2, 0) is 12.0 Å². The van der Waals surface area contributed by atoms with Gasteiger partial charge in [0.2, 0.25) is 5.88 Å². The van der Waals surface area contributed by atoms with Gasteiger partial charge in [0.15, 0.2) is 0 Å². The highest BCUT2D eigenvalue weighted by Crippen LogP contribution is 2.53. The van der Waals surface area contributed by atoms with Crippen LogP contribution in [0.4, 0.5) is 9.18 Å². The second-order valence-corrected chi connectivity index (χ2v) is 9.50. The van der Waals surface area contributed by atoms with E-state index in [9.17, 15) is 4.79 Å². The molecule has 3 heterocycles. The highest BCUT2D eigenvalue weighted by atomic mass is 32.1. The van der Waals surface area contributed by atoms with E-state index in [2.05, 4.69) is 39.1 Å². The van der Waals surface area contributed by atoms with Crippen LogP contribution in [0.15, 0.2) is 72.9 Å². The first-order chi connectivity index (χ1) is 17.0. The number of fused-ring (bicyclic) bond motifs is 1. The number of nitrogens with zero attached hydrogens (tertiary/aromatic N) is 4. The summed E-state index contributed by atoms with van der Waals surface area (Å²) >= 11 is 1.38. The Hall–Kier alpha value is -4.11. The Morgan fingerprint density at radius 3 is 2.66 bits per heavy atom. The van der Waals surface area contributed by atoms with Gasteiger partial charge in [-0.3, -0.25) is 4.68 Å². The molecule has 1 aliphatic rings. The molecule has 0 unspecified atom stereocenters. The smallest absolute Gasteiger partial charge is 0.449 e. The standard InChI is InChI=1S/C26H19FN4O3S/c27-19-14-16(15-31-13-10-22(30-31)34-25(32)33)6-7-18(19)23-28-20-8-9-21(29-24(20)35-23)26(11-12-26)17-4-2-1-3-5-17/h1-10,13-14H,11-12,15H2,(H,32,33). The summed E-state index contributed by atoms with van der Waals surface area (Å²) in [7, 11) is 0. The van der Waals surface area contributed by atoms with E-state index in [0.29, 0.717) is 16.1 Å². The molecule has 1 N–H and O–H groups in total. The van der Waals surface area contributed by atoms with E-state index < -0.39 is 6.16 Å². The summed E-state index contributed by atoms with van der Waals surface area (Å²) in [5, 5.41) is 13.3. The van der Waals surface area contributed by atoms with Crippen molar-refractivity contribution in [2.45, 2.75) is 24.8 Å². The van der Waals surface area contributed by atoms with Crippen LogP contribution >= 0.6 is 11.3 Å². The van der Waals surface area contributed by atoms with Gasteiger partial charge in [-0.2, -0.15) is 0 Å². The number of ether oxygens (including phenoxy) is 1. The molecule has 0 saturated heterocycles. The third-order valence-electron chi connectivity index (χ3n) is 6.24. The molecule has 0 bridgehead atoms. The van der Waals surface area contributed by atoms with Gasteiger partial charge in [-0.05, 0) is 48.2 Å². The average Bonchev–Trinajstić information content (AvgIpc) is 3.38. The van der Waals surface area contributed by atoms with Crippen molar-refractivity contribution in [1.82, 2.24) is 19.7 Å². The molecule has 0 aliphatic heterocycles. The first-order valence-corrected chi connectivity index (χ1v) is 11.9. The molecule has 1 saturated carbocycles. The Kier molecular flexibility index (Phi) is 5.07. The first-order valence-electron chi connectivity index (χ1n) is 11.1. The zero-order chi connectivity index (χ0) is 24.0. The summed E-state index contributed by atoms with van der Waals surface area (Å²) in [6.07, 6.45) is 2.27. The van der Waals surface area contributed by atoms with Crippen molar-refractivity contribution >= 4 is 27.8 Å². The number of pyridine rings is 1. The highest BCUT2D eigenvalue weighted by Gasteiger charge is 2.47. The van der Waals surface area contributed by atoms with E-state index in [0.717, 1.165) is 28.9 Å². The van der Waals surface area contributed by atoms with Gasteiger partial charge in [-0.15, -0.1) is 5.10 Å². The molecular weight excluding hydrogens is 467 g/mol. The summed E-state index contributed by atoms with van der Waals surface area (Å²) in [6.45, 7) is 0.270. The summed E-state index contributed by atoms with van der Waals surface area (Å²) < 4.78 is 21.1. The number of benzene rings is 2. The maximum absolute atomic E-state index is 15.1. The molecule has 35 heavy (non-hydrogen) atoms. The number of aromatic nitrogens is 4. The number of carboxylic acid groups (broad SMARTS) is 1. The molecule has 7 nitrogen and oxygen atoms in total. The first kappa shape index (κ1) is 21.4. The molecule has 9 heteroatoms. The van der Waals surface area contributed by atoms with Gasteiger partial charge in [-0.1, -0.05) is 47.7 Å². The largest absolute Gasteiger partial charge is 0.512 e. The maximum atomic E-state index is 15.1. The van der Waals surface area contributed by atoms with Crippen LogP contribution in [0.25, 0.3) is 20.9 Å². The van der Waals surface area contributed by atoms with Gasteiger partial charge in [0.25, 0.3) is 0 Å². The van der Waals surface area contributed by atoms with Crippen molar-refractivity contribution in [3.8, 4) is 16.5 Å². The number of halogens is 1. The number of hydrogen-bond acceptors (Lipinski definition) is 6. The van der Waals surface area contributed by atoms with Gasteiger partial charge in [0, 0.05) is 23.2 Å². The van der Waals surface area contributed by atoms with Crippen molar-refractivity contribution in [3.63, 3.8) is 0 Å². The molecule has 0 amide bonds. The molecule has 174 valence electrons. The number of rotatable bonds is 6. The molecule has 0 spiro atoms. The highest BCUT2D eigenvalue weighted by molar-refractivity contribution is 7.21. The van der Waals surface area contributed by atoms with Crippen molar-refractivity contribution in [2.75, 3.05) is 0 Å². The molecular formula is C26H19FN4O3S. The van der Waals surface area contributed by atoms with E-state index in [1.807, 2.05) is 18.2 Å². The lowest BCUT2D eigenvalue weighted by molar-refractivity contribution is 0.142. The normalized spacial score (nSPS) is 14.2. The Labute approximate surface area is 203 Å². The Balaban J connectivity index is 1.26. The van der Waals surface area contributed by atoms with Gasteiger partial charge < -0.3 is 9.84 Å². The van der Waals surface area contributed by atoms with Crippen molar-refractivity contribution < 1.29 is 19.0 Å². The third kappa shape index (κ3) is 4.04. The maximum Gasteiger partial charge on any atom is 0.512 e. The topological polar surface area (TPSA) is 90.1 Å². The molecule has 6 rings (SSSR count). The lowest BCUT2D eigenvalue weighted by Gasteiger charge is -2.14. The molecule has 2 aromatic carbocycles. The summed E-state index contributed by atoms with van der Waals surface area (Å²) in [6, 6.07) is 20.8. The molecule has 1 fully saturated rings. The minimum atomic E-state index is -1.43. The lowest BCUT2D eigenvalue weighted by atomic mass is 9.92. The molecule has 3 aromatic heterocycles. The monoisotopic (exact) mass is 486 g/mol. The van der Waals surface area contributed by atoms with Crippen LogP contribution in [0.3, 0.4) is 0 Å². The van der Waals surface area contributed by atoms with E-state index in [1.165, 1.54) is 33.7 Å². The summed E-state index contributed by atoms with van der Waals surface area (Å²) in [5.74, 6) is -0.421. The second kappa shape index (κ2) is 8.28. The van der Waals surface area contributed by atoms with E-state index in [-0.39, 0.29) is 23.7 Å². The van der Waals surface area contributed by atoms with E-state index in [4.69, 9.17) is 10.1 Å². The van der Waals surface area contributed by atoms with Crippen molar-refractivity contribution in [1.29, 1.82) is 0 Å². The van der Waals surface area contributed by atoms with Crippen LogP contribution < -0.4 is 4.74 Å². The predicted molar refractivity (Wildman–Crippen MR) is 129 cm³/mol. The number of carbonyl (C=O) groups is 1. The lowest BCUT2D eigenvalue weighted by Crippen LogP contribution is -2.10. The SMILES string of the molecule is O=C(O)Oc1ccn(Cc2ccc(-c3nc4ccc(C5(c6ccccc6)CC5)nc4s3)c(F)c2)n1. The zero-order valence-electron chi connectivity index (χ0n) is 18.4. The van der Waals surface area contributed by atoms with Gasteiger partial charge >= 0.3 is 6.16 Å². The zero-order valence-corrected chi connectivity index (χ0v) is 19.2. The number of hydrogen-bond donors (Lipinski definition) is 1. The quantitative estimate of drug-likeness (QED) is 0.302. The van der Waals surface area contributed by atoms with Gasteiger partial charge in [0.05, 0.1) is 12.2 Å². The van der Waals surface area contributed by atoms with Crippen LogP contribution in [0.5, 0.6) is 5.88 Å². The summed E-state index contributed by atoms with van der Waals surface area (Å²) in [4.78, 5) is 21.0. The molecule has 5 aromatic rings.